The van der Waals surface area contributed by atoms with Crippen LogP contribution in [0.25, 0.3) is 0 Å². The lowest BCUT2D eigenvalue weighted by Crippen LogP contribution is -2.48. The Labute approximate surface area is 135 Å². The molecular weight excluding hydrogens is 274 g/mol. The van der Waals surface area contributed by atoms with Crippen molar-refractivity contribution in [2.24, 2.45) is 0 Å². The van der Waals surface area contributed by atoms with Gasteiger partial charge in [0.05, 0.1) is 6.10 Å². The van der Waals surface area contributed by atoms with Gasteiger partial charge in [0.2, 0.25) is 0 Å². The Balaban J connectivity index is 0.000000847. The minimum absolute atomic E-state index is 0.475. The molecule has 1 saturated heterocycles. The van der Waals surface area contributed by atoms with Crippen molar-refractivity contribution >= 4 is 5.82 Å². The molecule has 1 aromatic heterocycles. The third-order valence-corrected chi connectivity index (χ3v) is 4.13. The summed E-state index contributed by atoms with van der Waals surface area (Å²) in [4.78, 5) is 4.73. The van der Waals surface area contributed by atoms with E-state index in [2.05, 4.69) is 22.8 Å². The van der Waals surface area contributed by atoms with Crippen molar-refractivity contribution in [3.05, 3.63) is 23.4 Å². The fraction of sp³-hybridized carbons (Fsp3) is 0.722. The van der Waals surface area contributed by atoms with Crippen molar-refractivity contribution in [2.75, 3.05) is 31.6 Å². The molecule has 124 valence electrons. The maximum Gasteiger partial charge on any atom is 0.129 e. The van der Waals surface area contributed by atoms with Crippen molar-refractivity contribution in [3.63, 3.8) is 0 Å². The molecule has 0 atom stereocenters. The second-order valence-corrected chi connectivity index (χ2v) is 5.80. The van der Waals surface area contributed by atoms with E-state index in [1.807, 2.05) is 13.8 Å². The van der Waals surface area contributed by atoms with E-state index in [4.69, 9.17) is 9.72 Å². The van der Waals surface area contributed by atoms with Gasteiger partial charge >= 0.3 is 0 Å². The van der Waals surface area contributed by atoms with E-state index in [0.29, 0.717) is 6.10 Å². The summed E-state index contributed by atoms with van der Waals surface area (Å²) in [7, 11) is 0. The molecule has 4 heteroatoms. The van der Waals surface area contributed by atoms with Crippen LogP contribution in [0.2, 0.25) is 0 Å². The summed E-state index contributed by atoms with van der Waals surface area (Å²) in [5, 5.41) is 6.62. The number of hydrogen-bond donors (Lipinski definition) is 2. The van der Waals surface area contributed by atoms with Crippen LogP contribution in [0, 0.1) is 0 Å². The Morgan fingerprint density at radius 2 is 2.05 bits per heavy atom. The van der Waals surface area contributed by atoms with Crippen molar-refractivity contribution in [3.8, 4) is 0 Å². The number of nitrogens with zero attached hydrogens (tertiary/aromatic N) is 1. The summed E-state index contributed by atoms with van der Waals surface area (Å²) in [6.45, 7) is 8.04. The standard InChI is InChI=1S/C16H25N3O.C2H6/c1(3-10-20-15-11-17-12-15)2-6-14-8-7-13-5-4-9-18-16(13)19-14;1-2/h7-8,15,17H,1-6,9-12H2,(H,18,19);1-2H3. The molecule has 4 nitrogen and oxygen atoms in total. The van der Waals surface area contributed by atoms with Crippen LogP contribution in [-0.4, -0.2) is 37.3 Å². The zero-order valence-corrected chi connectivity index (χ0v) is 14.2. The van der Waals surface area contributed by atoms with Gasteiger partial charge in [-0.3, -0.25) is 0 Å². The van der Waals surface area contributed by atoms with E-state index in [1.54, 1.807) is 0 Å². The molecule has 0 unspecified atom stereocenters. The molecule has 0 aromatic carbocycles. The fourth-order valence-corrected chi connectivity index (χ4v) is 2.72. The summed E-state index contributed by atoms with van der Waals surface area (Å²) < 4.78 is 5.72. The molecule has 0 aliphatic carbocycles. The Kier molecular flexibility index (Phi) is 7.67. The van der Waals surface area contributed by atoms with Gasteiger partial charge in [0.25, 0.3) is 0 Å². The number of unbranched alkanes of at least 4 members (excludes halogenated alkanes) is 2. The Bertz CT molecular complexity index is 432. The van der Waals surface area contributed by atoms with Crippen LogP contribution in [-0.2, 0) is 17.6 Å². The summed E-state index contributed by atoms with van der Waals surface area (Å²) in [5.74, 6) is 1.12. The molecular formula is C18H31N3O. The van der Waals surface area contributed by atoms with Crippen LogP contribution in [0.4, 0.5) is 5.82 Å². The van der Waals surface area contributed by atoms with E-state index in [1.165, 1.54) is 43.4 Å². The lowest BCUT2D eigenvalue weighted by molar-refractivity contribution is 0.0170. The van der Waals surface area contributed by atoms with Crippen molar-refractivity contribution in [1.82, 2.24) is 10.3 Å². The van der Waals surface area contributed by atoms with Gasteiger partial charge in [-0.05, 0) is 43.7 Å². The Morgan fingerprint density at radius 1 is 1.18 bits per heavy atom. The summed E-state index contributed by atoms with van der Waals surface area (Å²) in [5.41, 5.74) is 2.60. The highest BCUT2D eigenvalue weighted by atomic mass is 16.5. The van der Waals surface area contributed by atoms with Crippen LogP contribution in [0.5, 0.6) is 0 Å². The molecule has 2 N–H and O–H groups in total. The van der Waals surface area contributed by atoms with E-state index in [0.717, 1.165) is 38.5 Å². The molecule has 0 spiro atoms. The molecule has 0 saturated carbocycles. The van der Waals surface area contributed by atoms with E-state index in [-0.39, 0.29) is 0 Å². The average Bonchev–Trinajstić information content (AvgIpc) is 2.54. The number of ether oxygens (including phenoxy) is 1. The number of anilines is 1. The van der Waals surface area contributed by atoms with E-state index >= 15 is 0 Å². The smallest absolute Gasteiger partial charge is 0.129 e. The average molecular weight is 305 g/mol. The molecule has 0 amide bonds. The first-order chi connectivity index (χ1) is 10.9. The highest BCUT2D eigenvalue weighted by Gasteiger charge is 2.16. The molecule has 0 bridgehead atoms. The van der Waals surface area contributed by atoms with Crippen LogP contribution < -0.4 is 10.6 Å². The first-order valence-corrected chi connectivity index (χ1v) is 8.97. The number of pyridine rings is 1. The Hall–Kier alpha value is -1.13. The highest BCUT2D eigenvalue weighted by Crippen LogP contribution is 2.20. The third-order valence-electron chi connectivity index (χ3n) is 4.13. The number of fused-ring (bicyclic) bond motifs is 1. The SMILES string of the molecule is CC.c1cc2c(nc1CCCCCOC1CNC1)NCCC2. The topological polar surface area (TPSA) is 46.2 Å². The maximum atomic E-state index is 5.72. The molecule has 22 heavy (non-hydrogen) atoms. The lowest BCUT2D eigenvalue weighted by Gasteiger charge is -2.27. The number of aromatic nitrogens is 1. The maximum absolute atomic E-state index is 5.72. The van der Waals surface area contributed by atoms with E-state index in [9.17, 15) is 0 Å². The van der Waals surface area contributed by atoms with Crippen LogP contribution in [0.1, 0.15) is 50.8 Å². The largest absolute Gasteiger partial charge is 0.376 e. The molecule has 2 aliphatic rings. The zero-order chi connectivity index (χ0) is 15.6. The second-order valence-electron chi connectivity index (χ2n) is 5.80. The van der Waals surface area contributed by atoms with Crippen LogP contribution in [0.15, 0.2) is 12.1 Å². The van der Waals surface area contributed by atoms with Crippen molar-refractivity contribution in [2.45, 2.75) is 58.5 Å². The van der Waals surface area contributed by atoms with Gasteiger partial charge < -0.3 is 15.4 Å². The molecule has 2 aliphatic heterocycles. The fourth-order valence-electron chi connectivity index (χ4n) is 2.72. The van der Waals surface area contributed by atoms with Gasteiger partial charge in [-0.15, -0.1) is 0 Å². The molecule has 3 rings (SSSR count). The van der Waals surface area contributed by atoms with Gasteiger partial charge in [0.15, 0.2) is 0 Å². The monoisotopic (exact) mass is 305 g/mol. The van der Waals surface area contributed by atoms with Gasteiger partial charge in [-0.25, -0.2) is 4.98 Å². The second kappa shape index (κ2) is 9.80. The van der Waals surface area contributed by atoms with Crippen molar-refractivity contribution in [1.29, 1.82) is 0 Å². The minimum Gasteiger partial charge on any atom is -0.376 e. The summed E-state index contributed by atoms with van der Waals surface area (Å²) in [6.07, 6.45) is 7.56. The van der Waals surface area contributed by atoms with Gasteiger partial charge in [-0.2, -0.15) is 0 Å². The lowest BCUT2D eigenvalue weighted by atomic mass is 10.1. The quantitative estimate of drug-likeness (QED) is 0.760. The number of hydrogen-bond acceptors (Lipinski definition) is 4. The predicted octanol–water partition coefficient (Wildman–Crippen LogP) is 3.17. The normalized spacial score (nSPS) is 16.8. The Morgan fingerprint density at radius 3 is 2.82 bits per heavy atom. The molecule has 3 heterocycles. The van der Waals surface area contributed by atoms with Crippen LogP contribution >= 0.6 is 0 Å². The number of aryl methyl sites for hydroxylation is 2. The minimum atomic E-state index is 0.475. The highest BCUT2D eigenvalue weighted by molar-refractivity contribution is 5.46. The van der Waals surface area contributed by atoms with Gasteiger partial charge in [0, 0.05) is 31.9 Å². The van der Waals surface area contributed by atoms with Crippen molar-refractivity contribution < 1.29 is 4.74 Å². The number of nitrogens with one attached hydrogen (secondary N) is 2. The van der Waals surface area contributed by atoms with Gasteiger partial charge in [0.1, 0.15) is 5.82 Å². The molecule has 0 radical (unpaired) electrons. The first kappa shape index (κ1) is 17.2. The molecule has 1 fully saturated rings. The van der Waals surface area contributed by atoms with E-state index < -0.39 is 0 Å². The summed E-state index contributed by atoms with van der Waals surface area (Å²) in [6, 6.07) is 4.44. The van der Waals surface area contributed by atoms with Crippen LogP contribution in [0.3, 0.4) is 0 Å². The summed E-state index contributed by atoms with van der Waals surface area (Å²) >= 11 is 0. The predicted molar refractivity (Wildman–Crippen MR) is 92.6 cm³/mol. The first-order valence-electron chi connectivity index (χ1n) is 8.97. The van der Waals surface area contributed by atoms with Gasteiger partial charge in [-0.1, -0.05) is 26.3 Å². The molecule has 1 aromatic rings. The zero-order valence-electron chi connectivity index (χ0n) is 14.2. The third kappa shape index (κ3) is 5.25. The number of rotatable bonds is 7.